The summed E-state index contributed by atoms with van der Waals surface area (Å²) < 4.78 is 45.0. The molecule has 2 aromatic carbocycles. The maximum Gasteiger partial charge on any atom is 0.342 e. The van der Waals surface area contributed by atoms with Crippen LogP contribution in [0.4, 0.5) is 4.39 Å². The molecule has 9 nitrogen and oxygen atoms in total. The molecule has 0 amide bonds. The van der Waals surface area contributed by atoms with Gasteiger partial charge in [-0.1, -0.05) is 17.3 Å². The number of nitrogens with zero attached hydrogens (tertiary/aromatic N) is 4. The van der Waals surface area contributed by atoms with Crippen molar-refractivity contribution < 1.29 is 22.3 Å². The molecule has 0 unspecified atom stereocenters. The molecule has 0 aliphatic carbocycles. The highest BCUT2D eigenvalue weighted by atomic mass is 32.2. The van der Waals surface area contributed by atoms with Crippen LogP contribution in [0.5, 0.6) is 0 Å². The standard InChI is InChI=1S/C17H15FN4O5S/c1-21(2)28(25,26)11-7-8-14(18)13(9-11)17(24)27-10-22-16(23)12-5-3-4-6-15(12)19-20-22/h3-9H,10H2,1-2H3. The zero-order valence-electron chi connectivity index (χ0n) is 14.9. The third kappa shape index (κ3) is 3.62. The summed E-state index contributed by atoms with van der Waals surface area (Å²) in [6.45, 7) is -0.612. The van der Waals surface area contributed by atoms with Gasteiger partial charge in [0.05, 0.1) is 15.8 Å². The molecule has 0 saturated heterocycles. The molecule has 0 spiro atoms. The minimum absolute atomic E-state index is 0.270. The maximum atomic E-state index is 14.0. The van der Waals surface area contributed by atoms with Crippen LogP contribution in [0.3, 0.4) is 0 Å². The van der Waals surface area contributed by atoms with Gasteiger partial charge in [0.1, 0.15) is 11.3 Å². The second kappa shape index (κ2) is 7.44. The molecule has 3 aromatic rings. The van der Waals surface area contributed by atoms with Gasteiger partial charge in [0.2, 0.25) is 10.0 Å². The summed E-state index contributed by atoms with van der Waals surface area (Å²) in [6, 6.07) is 9.26. The van der Waals surface area contributed by atoms with Gasteiger partial charge in [-0.2, -0.15) is 4.68 Å². The van der Waals surface area contributed by atoms with Crippen molar-refractivity contribution in [3.05, 3.63) is 64.2 Å². The first-order chi connectivity index (χ1) is 13.2. The molecule has 1 heterocycles. The second-order valence-electron chi connectivity index (χ2n) is 5.90. The molecule has 146 valence electrons. The highest BCUT2D eigenvalue weighted by Crippen LogP contribution is 2.18. The van der Waals surface area contributed by atoms with Crippen LogP contribution in [-0.2, 0) is 21.5 Å². The first-order valence-corrected chi connectivity index (χ1v) is 9.37. The Bertz CT molecular complexity index is 1220. The minimum atomic E-state index is -3.87. The summed E-state index contributed by atoms with van der Waals surface area (Å²) >= 11 is 0. The fraction of sp³-hybridized carbons (Fsp3) is 0.176. The average Bonchev–Trinajstić information content (AvgIpc) is 2.67. The SMILES string of the molecule is CN(C)S(=O)(=O)c1ccc(F)c(C(=O)OCn2nnc3ccccc3c2=O)c1. The molecule has 0 radical (unpaired) electrons. The molecule has 0 N–H and O–H groups in total. The number of halogens is 1. The number of aromatic nitrogens is 3. The number of ether oxygens (including phenoxy) is 1. The van der Waals surface area contributed by atoms with Crippen LogP contribution in [-0.4, -0.2) is 47.8 Å². The molecule has 3 rings (SSSR count). The van der Waals surface area contributed by atoms with Crippen LogP contribution >= 0.6 is 0 Å². The monoisotopic (exact) mass is 406 g/mol. The Kier molecular flexibility index (Phi) is 5.21. The van der Waals surface area contributed by atoms with Gasteiger partial charge in [-0.25, -0.2) is 21.9 Å². The lowest BCUT2D eigenvalue weighted by molar-refractivity contribution is 0.0330. The fourth-order valence-corrected chi connectivity index (χ4v) is 3.27. The first-order valence-electron chi connectivity index (χ1n) is 7.93. The molecule has 0 aliphatic rings. The van der Waals surface area contributed by atoms with Gasteiger partial charge < -0.3 is 4.74 Å². The Morgan fingerprint density at radius 3 is 2.64 bits per heavy atom. The van der Waals surface area contributed by atoms with Crippen molar-refractivity contribution in [2.75, 3.05) is 14.1 Å². The van der Waals surface area contributed by atoms with Crippen LogP contribution in [0.15, 0.2) is 52.2 Å². The molecular formula is C17H15FN4O5S. The van der Waals surface area contributed by atoms with Crippen LogP contribution < -0.4 is 5.56 Å². The molecule has 0 bridgehead atoms. The Morgan fingerprint density at radius 1 is 1.21 bits per heavy atom. The van der Waals surface area contributed by atoms with E-state index in [0.717, 1.165) is 27.2 Å². The number of esters is 1. The Hall–Kier alpha value is -3.18. The summed E-state index contributed by atoms with van der Waals surface area (Å²) in [5.41, 5.74) is -0.741. The summed E-state index contributed by atoms with van der Waals surface area (Å²) in [6.07, 6.45) is 0. The number of hydrogen-bond donors (Lipinski definition) is 0. The highest BCUT2D eigenvalue weighted by molar-refractivity contribution is 7.89. The van der Waals surface area contributed by atoms with Crippen molar-refractivity contribution in [2.45, 2.75) is 11.6 Å². The summed E-state index contributed by atoms with van der Waals surface area (Å²) in [5, 5.41) is 7.77. The number of sulfonamides is 1. The third-order valence-electron chi connectivity index (χ3n) is 3.88. The number of benzene rings is 2. The highest BCUT2D eigenvalue weighted by Gasteiger charge is 2.22. The van der Waals surface area contributed by atoms with Crippen LogP contribution in [0.2, 0.25) is 0 Å². The van der Waals surface area contributed by atoms with E-state index in [0.29, 0.717) is 5.52 Å². The van der Waals surface area contributed by atoms with E-state index in [1.54, 1.807) is 24.3 Å². The number of hydrogen-bond acceptors (Lipinski definition) is 7. The van der Waals surface area contributed by atoms with Gasteiger partial charge in [-0.15, -0.1) is 5.10 Å². The molecule has 0 aliphatic heterocycles. The normalized spacial score (nSPS) is 11.7. The maximum absolute atomic E-state index is 14.0. The molecule has 0 fully saturated rings. The van der Waals surface area contributed by atoms with Crippen molar-refractivity contribution in [1.82, 2.24) is 19.3 Å². The van der Waals surface area contributed by atoms with E-state index < -0.39 is 39.7 Å². The van der Waals surface area contributed by atoms with E-state index in [4.69, 9.17) is 4.74 Å². The molecule has 0 atom stereocenters. The topological polar surface area (TPSA) is 111 Å². The van der Waals surface area contributed by atoms with Crippen LogP contribution in [0.25, 0.3) is 10.9 Å². The molecule has 11 heteroatoms. The van der Waals surface area contributed by atoms with Crippen molar-refractivity contribution in [2.24, 2.45) is 0 Å². The van der Waals surface area contributed by atoms with E-state index in [9.17, 15) is 22.4 Å². The van der Waals surface area contributed by atoms with E-state index in [1.165, 1.54) is 14.1 Å². The smallest absolute Gasteiger partial charge is 0.342 e. The number of fused-ring (bicyclic) bond motifs is 1. The largest absolute Gasteiger partial charge is 0.438 e. The lowest BCUT2D eigenvalue weighted by Crippen LogP contribution is -2.27. The molecule has 28 heavy (non-hydrogen) atoms. The van der Waals surface area contributed by atoms with E-state index in [1.807, 2.05) is 0 Å². The predicted molar refractivity (Wildman–Crippen MR) is 96.5 cm³/mol. The zero-order chi connectivity index (χ0) is 20.5. The molecule has 1 aromatic heterocycles. The Morgan fingerprint density at radius 2 is 1.93 bits per heavy atom. The predicted octanol–water partition coefficient (Wildman–Crippen LogP) is 0.995. The van der Waals surface area contributed by atoms with Gasteiger partial charge in [0.25, 0.3) is 5.56 Å². The third-order valence-corrected chi connectivity index (χ3v) is 5.69. The summed E-state index contributed by atoms with van der Waals surface area (Å²) in [4.78, 5) is 24.3. The van der Waals surface area contributed by atoms with Gasteiger partial charge >= 0.3 is 5.97 Å². The Balaban J connectivity index is 1.86. The van der Waals surface area contributed by atoms with Crippen molar-refractivity contribution >= 4 is 26.9 Å². The van der Waals surface area contributed by atoms with Crippen molar-refractivity contribution in [3.63, 3.8) is 0 Å². The molecular weight excluding hydrogens is 391 g/mol. The lowest BCUT2D eigenvalue weighted by atomic mass is 10.2. The van der Waals surface area contributed by atoms with Gasteiger partial charge in [-0.05, 0) is 30.3 Å². The quantitative estimate of drug-likeness (QED) is 0.581. The zero-order valence-corrected chi connectivity index (χ0v) is 15.7. The number of carbonyl (C=O) groups excluding carboxylic acids is 1. The lowest BCUT2D eigenvalue weighted by Gasteiger charge is -2.12. The van der Waals surface area contributed by atoms with E-state index in [2.05, 4.69) is 10.3 Å². The molecule has 0 saturated carbocycles. The van der Waals surface area contributed by atoms with Gasteiger partial charge in [0.15, 0.2) is 6.73 Å². The Labute approximate surface area is 159 Å². The van der Waals surface area contributed by atoms with Crippen LogP contribution in [0.1, 0.15) is 10.4 Å². The second-order valence-corrected chi connectivity index (χ2v) is 8.05. The average molecular weight is 406 g/mol. The van der Waals surface area contributed by atoms with Crippen molar-refractivity contribution in [1.29, 1.82) is 0 Å². The number of rotatable bonds is 5. The minimum Gasteiger partial charge on any atom is -0.438 e. The number of carbonyl (C=O) groups is 1. The van der Waals surface area contributed by atoms with Gasteiger partial charge in [-0.3, -0.25) is 4.79 Å². The van der Waals surface area contributed by atoms with E-state index >= 15 is 0 Å². The van der Waals surface area contributed by atoms with Crippen molar-refractivity contribution in [3.8, 4) is 0 Å². The fourth-order valence-electron chi connectivity index (χ4n) is 2.34. The summed E-state index contributed by atoms with van der Waals surface area (Å²) in [7, 11) is -1.25. The van der Waals surface area contributed by atoms with E-state index in [-0.39, 0.29) is 10.3 Å². The van der Waals surface area contributed by atoms with Gasteiger partial charge in [0, 0.05) is 14.1 Å². The summed E-state index contributed by atoms with van der Waals surface area (Å²) in [5.74, 6) is -2.10. The van der Waals surface area contributed by atoms with Crippen LogP contribution in [0, 0.1) is 5.82 Å². The first kappa shape index (κ1) is 19.6.